The maximum Gasteiger partial charge on any atom is 0.344 e. The van der Waals surface area contributed by atoms with Gasteiger partial charge in [0.2, 0.25) is 0 Å². The maximum atomic E-state index is 12.3. The van der Waals surface area contributed by atoms with Gasteiger partial charge in [-0.15, -0.1) is 0 Å². The van der Waals surface area contributed by atoms with Crippen LogP contribution in [-0.4, -0.2) is 30.6 Å². The average molecular weight is 392 g/mol. The maximum absolute atomic E-state index is 12.3. The molecule has 4 aliphatic rings. The van der Waals surface area contributed by atoms with E-state index in [9.17, 15) is 9.59 Å². The third-order valence-corrected chi connectivity index (χ3v) is 6.72. The highest BCUT2D eigenvalue weighted by Crippen LogP contribution is 2.55. The van der Waals surface area contributed by atoms with Crippen LogP contribution in [0.4, 0.5) is 0 Å². The van der Waals surface area contributed by atoms with Gasteiger partial charge < -0.3 is 14.8 Å². The highest BCUT2D eigenvalue weighted by Gasteiger charge is 2.51. The molecule has 0 heterocycles. The molecule has 4 aliphatic carbocycles. The predicted molar refractivity (Wildman–Crippen MR) is 102 cm³/mol. The number of nitrogens with one attached hydrogen (secondary N) is 1. The fourth-order valence-corrected chi connectivity index (χ4v) is 5.75. The largest absolute Gasteiger partial charge is 0.482 e. The highest BCUT2D eigenvalue weighted by molar-refractivity contribution is 6.31. The van der Waals surface area contributed by atoms with Crippen LogP contribution in [0.5, 0.6) is 5.75 Å². The second kappa shape index (κ2) is 7.34. The molecule has 0 radical (unpaired) electrons. The van der Waals surface area contributed by atoms with Gasteiger partial charge >= 0.3 is 5.97 Å². The van der Waals surface area contributed by atoms with E-state index < -0.39 is 5.97 Å². The lowest BCUT2D eigenvalue weighted by molar-refractivity contribution is -0.151. The molecule has 5 rings (SSSR count). The number of aryl methyl sites for hydroxylation is 1. The first kappa shape index (κ1) is 18.6. The smallest absolute Gasteiger partial charge is 0.344 e. The first-order valence-electron chi connectivity index (χ1n) is 9.76. The van der Waals surface area contributed by atoms with Crippen LogP contribution >= 0.6 is 11.6 Å². The molecule has 1 aromatic carbocycles. The third-order valence-electron chi connectivity index (χ3n) is 6.29. The number of esters is 1. The van der Waals surface area contributed by atoms with Gasteiger partial charge in [-0.05, 0) is 87.0 Å². The molecule has 6 heteroatoms. The highest BCUT2D eigenvalue weighted by atomic mass is 35.5. The molecule has 27 heavy (non-hydrogen) atoms. The zero-order chi connectivity index (χ0) is 19.0. The minimum Gasteiger partial charge on any atom is -0.482 e. The Hall–Kier alpha value is -1.75. The van der Waals surface area contributed by atoms with Gasteiger partial charge in [0.1, 0.15) is 5.75 Å². The van der Waals surface area contributed by atoms with E-state index in [0.29, 0.717) is 10.8 Å². The Bertz CT molecular complexity index is 712. The first-order valence-corrected chi connectivity index (χ1v) is 10.1. The lowest BCUT2D eigenvalue weighted by Gasteiger charge is -2.56. The number of ether oxygens (including phenoxy) is 2. The number of carbonyl (C=O) groups excluding carboxylic acids is 2. The van der Waals surface area contributed by atoms with E-state index >= 15 is 0 Å². The van der Waals surface area contributed by atoms with Gasteiger partial charge in [0, 0.05) is 10.6 Å². The molecular formula is C21H26ClNO4. The van der Waals surface area contributed by atoms with Crippen LogP contribution in [0.15, 0.2) is 18.2 Å². The number of halogens is 1. The molecule has 0 spiro atoms. The molecule has 0 aliphatic heterocycles. The Kier molecular flexibility index (Phi) is 5.06. The van der Waals surface area contributed by atoms with E-state index in [2.05, 4.69) is 5.32 Å². The van der Waals surface area contributed by atoms with Crippen LogP contribution in [-0.2, 0) is 14.3 Å². The second-order valence-electron chi connectivity index (χ2n) is 8.61. The van der Waals surface area contributed by atoms with Gasteiger partial charge in [0.05, 0.1) is 0 Å². The minimum absolute atomic E-state index is 0.0599. The van der Waals surface area contributed by atoms with Crippen molar-refractivity contribution in [1.82, 2.24) is 5.32 Å². The summed E-state index contributed by atoms with van der Waals surface area (Å²) >= 11 is 5.96. The fraction of sp³-hybridized carbons (Fsp3) is 0.619. The van der Waals surface area contributed by atoms with Crippen molar-refractivity contribution in [1.29, 1.82) is 0 Å². The predicted octanol–water partition coefficient (Wildman–Crippen LogP) is 3.66. The van der Waals surface area contributed by atoms with Crippen molar-refractivity contribution < 1.29 is 19.1 Å². The molecule has 5 nitrogen and oxygen atoms in total. The van der Waals surface area contributed by atoms with Gasteiger partial charge in [-0.3, -0.25) is 4.79 Å². The van der Waals surface area contributed by atoms with E-state index in [-0.39, 0.29) is 24.7 Å². The van der Waals surface area contributed by atoms with Gasteiger partial charge in [0.15, 0.2) is 13.2 Å². The van der Waals surface area contributed by atoms with Crippen molar-refractivity contribution in [2.24, 2.45) is 17.8 Å². The van der Waals surface area contributed by atoms with Gasteiger partial charge in [-0.2, -0.15) is 0 Å². The molecule has 1 aromatic rings. The van der Waals surface area contributed by atoms with Crippen LogP contribution in [0, 0.1) is 24.7 Å². The normalized spacial score (nSPS) is 30.8. The number of rotatable bonds is 6. The Labute approximate surface area is 164 Å². The van der Waals surface area contributed by atoms with Crippen molar-refractivity contribution in [3.8, 4) is 5.75 Å². The molecule has 0 atom stereocenters. The van der Waals surface area contributed by atoms with Crippen LogP contribution in [0.1, 0.15) is 44.1 Å². The molecule has 1 amide bonds. The topological polar surface area (TPSA) is 64.6 Å². The van der Waals surface area contributed by atoms with Gasteiger partial charge in [-0.25, -0.2) is 4.79 Å². The van der Waals surface area contributed by atoms with E-state index in [1.807, 2.05) is 6.92 Å². The van der Waals surface area contributed by atoms with Crippen LogP contribution in [0.3, 0.4) is 0 Å². The summed E-state index contributed by atoms with van der Waals surface area (Å²) in [4.78, 5) is 24.2. The van der Waals surface area contributed by atoms with E-state index in [0.717, 1.165) is 42.6 Å². The Morgan fingerprint density at radius 1 is 1.11 bits per heavy atom. The van der Waals surface area contributed by atoms with Crippen LogP contribution in [0.2, 0.25) is 5.02 Å². The van der Waals surface area contributed by atoms with Gasteiger partial charge in [0.25, 0.3) is 5.91 Å². The lowest BCUT2D eigenvalue weighted by Crippen LogP contribution is -2.60. The molecule has 1 N–H and O–H groups in total. The summed E-state index contributed by atoms with van der Waals surface area (Å²) in [6.07, 6.45) is 7.22. The number of benzene rings is 1. The Morgan fingerprint density at radius 3 is 2.33 bits per heavy atom. The summed E-state index contributed by atoms with van der Waals surface area (Å²) < 4.78 is 10.5. The summed E-state index contributed by atoms with van der Waals surface area (Å²) in [5, 5.41) is 3.84. The first-order chi connectivity index (χ1) is 12.9. The van der Waals surface area contributed by atoms with E-state index in [1.165, 1.54) is 19.3 Å². The Morgan fingerprint density at radius 2 is 1.74 bits per heavy atom. The molecule has 146 valence electrons. The number of amides is 1. The number of hydrogen-bond acceptors (Lipinski definition) is 4. The van der Waals surface area contributed by atoms with Crippen molar-refractivity contribution in [3.63, 3.8) is 0 Å². The number of hydrogen-bond donors (Lipinski definition) is 1. The van der Waals surface area contributed by atoms with Gasteiger partial charge in [-0.1, -0.05) is 11.6 Å². The van der Waals surface area contributed by atoms with Crippen molar-refractivity contribution in [2.75, 3.05) is 13.2 Å². The van der Waals surface area contributed by atoms with E-state index in [1.54, 1.807) is 18.2 Å². The van der Waals surface area contributed by atoms with E-state index in [4.69, 9.17) is 21.1 Å². The number of carbonyl (C=O) groups is 2. The second-order valence-corrected chi connectivity index (χ2v) is 9.01. The van der Waals surface area contributed by atoms with Crippen LogP contribution < -0.4 is 10.1 Å². The molecule has 0 aromatic heterocycles. The monoisotopic (exact) mass is 391 g/mol. The molecular weight excluding hydrogens is 366 g/mol. The summed E-state index contributed by atoms with van der Waals surface area (Å²) in [5.41, 5.74) is 0.813. The molecule has 4 bridgehead atoms. The molecule has 4 saturated carbocycles. The lowest BCUT2D eigenvalue weighted by atomic mass is 9.53. The molecule has 0 saturated heterocycles. The Balaban J connectivity index is 1.22. The van der Waals surface area contributed by atoms with Crippen molar-refractivity contribution in [2.45, 2.75) is 51.0 Å². The summed E-state index contributed by atoms with van der Waals surface area (Å²) in [5.74, 6) is 2.07. The molecule has 0 unspecified atom stereocenters. The summed E-state index contributed by atoms with van der Waals surface area (Å²) in [6, 6.07) is 5.17. The third kappa shape index (κ3) is 4.23. The summed E-state index contributed by atoms with van der Waals surface area (Å²) in [6.45, 7) is 1.39. The van der Waals surface area contributed by atoms with Crippen molar-refractivity contribution in [3.05, 3.63) is 28.8 Å². The average Bonchev–Trinajstić information content (AvgIpc) is 2.59. The standard InChI is InChI=1S/C21H26ClNO4/c1-13-4-17(2-3-18(13)22)26-12-20(25)27-11-19(24)23-21-8-14-5-15(9-21)7-16(6-14)10-21/h2-4,14-16H,5-12H2,1H3,(H,23,24). The minimum atomic E-state index is -0.553. The quantitative estimate of drug-likeness (QED) is 0.751. The zero-order valence-electron chi connectivity index (χ0n) is 15.6. The fourth-order valence-electron chi connectivity index (χ4n) is 5.63. The van der Waals surface area contributed by atoms with Crippen molar-refractivity contribution >= 4 is 23.5 Å². The molecule has 4 fully saturated rings. The summed E-state index contributed by atoms with van der Waals surface area (Å²) in [7, 11) is 0. The van der Waals surface area contributed by atoms with Crippen LogP contribution in [0.25, 0.3) is 0 Å². The SMILES string of the molecule is Cc1cc(OCC(=O)OCC(=O)NC23CC4CC(CC(C4)C2)C3)ccc1Cl. The zero-order valence-corrected chi connectivity index (χ0v) is 16.4.